The molecule has 3 amide bonds. The van der Waals surface area contributed by atoms with E-state index < -0.39 is 66.5 Å². The number of imide groups is 1. The van der Waals surface area contributed by atoms with Gasteiger partial charge in [-0.25, -0.2) is 13.8 Å². The zero-order chi connectivity index (χ0) is 25.7. The Balaban J connectivity index is 1.52. The Hall–Kier alpha value is -3.19. The minimum Gasteiger partial charge on any atom is -0.372 e. The van der Waals surface area contributed by atoms with Gasteiger partial charge in [-0.15, -0.1) is 0 Å². The molecule has 190 valence electrons. The van der Waals surface area contributed by atoms with Crippen molar-refractivity contribution in [3.8, 4) is 0 Å². The lowest BCUT2D eigenvalue weighted by molar-refractivity contribution is -0.158. The van der Waals surface area contributed by atoms with E-state index in [1.54, 1.807) is 11.8 Å². The summed E-state index contributed by atoms with van der Waals surface area (Å²) in [6.45, 7) is 2.32. The minimum absolute atomic E-state index is 0.0119. The molecule has 0 aliphatic carbocycles. The van der Waals surface area contributed by atoms with Gasteiger partial charge in [0, 0.05) is 13.0 Å². The summed E-state index contributed by atoms with van der Waals surface area (Å²) >= 11 is 6.75. The second-order valence-electron chi connectivity index (χ2n) is 9.82. The predicted molar refractivity (Wildman–Crippen MR) is 118 cm³/mol. The summed E-state index contributed by atoms with van der Waals surface area (Å²) in [6.07, 6.45) is -1.57. The van der Waals surface area contributed by atoms with Crippen LogP contribution >= 0.6 is 11.6 Å². The first-order valence-corrected chi connectivity index (χ1v) is 11.8. The molecule has 4 aliphatic rings. The number of alkyl halides is 2. The largest absolute Gasteiger partial charge is 0.372 e. The number of fused-ring (bicyclic) bond motifs is 5. The number of carbonyl (C=O) groups excluding carboxylic acids is 4. The number of likely N-dealkylation sites (tertiary alicyclic amines) is 1. The first-order chi connectivity index (χ1) is 16.9. The maximum absolute atomic E-state index is 13.4. The molecule has 1 unspecified atom stereocenters. The first kappa shape index (κ1) is 23.2. The lowest BCUT2D eigenvalue weighted by Crippen LogP contribution is -2.72. The van der Waals surface area contributed by atoms with Gasteiger partial charge in [0.05, 0.1) is 49.1 Å². The molecule has 4 aliphatic heterocycles. The maximum Gasteiger partial charge on any atom is 0.282 e. The van der Waals surface area contributed by atoms with Crippen molar-refractivity contribution in [3.63, 3.8) is 0 Å². The fourth-order valence-corrected chi connectivity index (χ4v) is 6.24. The average Bonchev–Trinajstić information content (AvgIpc) is 3.18. The van der Waals surface area contributed by atoms with E-state index in [1.807, 2.05) is 6.92 Å². The molecule has 36 heavy (non-hydrogen) atoms. The second kappa shape index (κ2) is 7.42. The molecular formula is C22H20ClF2N5O6. The molecule has 0 saturated carbocycles. The number of ketones is 1. The Morgan fingerprint density at radius 1 is 1.22 bits per heavy atom. The van der Waals surface area contributed by atoms with Crippen molar-refractivity contribution >= 4 is 51.9 Å². The van der Waals surface area contributed by atoms with Gasteiger partial charge in [0.15, 0.2) is 11.5 Å². The van der Waals surface area contributed by atoms with Crippen LogP contribution in [0.25, 0.3) is 11.1 Å². The second-order valence-corrected chi connectivity index (χ2v) is 10.2. The third kappa shape index (κ3) is 3.05. The van der Waals surface area contributed by atoms with E-state index in [4.69, 9.17) is 20.9 Å². The van der Waals surface area contributed by atoms with E-state index in [2.05, 4.69) is 15.5 Å². The molecule has 2 aromatic heterocycles. The van der Waals surface area contributed by atoms with E-state index in [0.29, 0.717) is 5.69 Å². The fraction of sp³-hybridized carbons (Fsp3) is 0.545. The van der Waals surface area contributed by atoms with E-state index in [0.717, 1.165) is 4.90 Å². The number of rotatable bonds is 1. The van der Waals surface area contributed by atoms with Gasteiger partial charge >= 0.3 is 0 Å². The SMILES string of the molecule is C[C@@H]1CN2c3c(nc4c(C(=O)N5CC(F)(F)C5)noc4c3Cl)CC3(C(=O)CC(=O)NC3=O)[C@H]2[C@H](C)O1. The van der Waals surface area contributed by atoms with Gasteiger partial charge in [0.25, 0.3) is 11.8 Å². The van der Waals surface area contributed by atoms with Crippen LogP contribution in [0, 0.1) is 5.41 Å². The monoisotopic (exact) mass is 523 g/mol. The van der Waals surface area contributed by atoms with Crippen molar-refractivity contribution in [1.82, 2.24) is 20.4 Å². The normalized spacial score (nSPS) is 31.2. The number of nitrogens with zero attached hydrogens (tertiary/aromatic N) is 4. The minimum atomic E-state index is -2.98. The first-order valence-electron chi connectivity index (χ1n) is 11.4. The van der Waals surface area contributed by atoms with Crippen molar-refractivity contribution in [1.29, 1.82) is 0 Å². The highest BCUT2D eigenvalue weighted by Gasteiger charge is 2.63. The number of carbonyl (C=O) groups is 4. The number of ether oxygens (including phenoxy) is 1. The molecule has 0 aromatic carbocycles. The van der Waals surface area contributed by atoms with Gasteiger partial charge in [-0.1, -0.05) is 16.8 Å². The Kier molecular flexibility index (Phi) is 4.78. The van der Waals surface area contributed by atoms with Crippen LogP contribution in [0.15, 0.2) is 4.52 Å². The molecule has 11 nitrogen and oxygen atoms in total. The third-order valence-corrected chi connectivity index (χ3v) is 7.68. The molecule has 3 fully saturated rings. The lowest BCUT2D eigenvalue weighted by atomic mass is 9.64. The number of hydrogen-bond donors (Lipinski definition) is 1. The zero-order valence-electron chi connectivity index (χ0n) is 19.1. The van der Waals surface area contributed by atoms with Gasteiger partial charge in [-0.3, -0.25) is 24.5 Å². The maximum atomic E-state index is 13.4. The number of piperidine rings is 1. The summed E-state index contributed by atoms with van der Waals surface area (Å²) in [7, 11) is 0. The smallest absolute Gasteiger partial charge is 0.282 e. The van der Waals surface area contributed by atoms with Crippen molar-refractivity contribution in [2.24, 2.45) is 5.41 Å². The molecule has 1 N–H and O–H groups in total. The Morgan fingerprint density at radius 2 is 1.94 bits per heavy atom. The van der Waals surface area contributed by atoms with Crippen LogP contribution in [0.5, 0.6) is 0 Å². The molecule has 14 heteroatoms. The van der Waals surface area contributed by atoms with E-state index in [9.17, 15) is 28.0 Å². The summed E-state index contributed by atoms with van der Waals surface area (Å²) in [5.74, 6) is -5.78. The molecule has 4 atom stereocenters. The van der Waals surface area contributed by atoms with Crippen molar-refractivity contribution in [2.45, 2.75) is 50.9 Å². The Morgan fingerprint density at radius 3 is 2.61 bits per heavy atom. The molecule has 2 aromatic rings. The van der Waals surface area contributed by atoms with Gasteiger partial charge < -0.3 is 19.1 Å². The van der Waals surface area contributed by atoms with Crippen molar-refractivity contribution in [3.05, 3.63) is 16.4 Å². The zero-order valence-corrected chi connectivity index (χ0v) is 19.9. The van der Waals surface area contributed by atoms with Crippen LogP contribution in [0.4, 0.5) is 14.5 Å². The summed E-state index contributed by atoms with van der Waals surface area (Å²) in [4.78, 5) is 58.7. The number of nitrogens with one attached hydrogen (secondary N) is 1. The van der Waals surface area contributed by atoms with Crippen LogP contribution < -0.4 is 10.2 Å². The van der Waals surface area contributed by atoms with E-state index in [1.165, 1.54) is 0 Å². The molecular weight excluding hydrogens is 504 g/mol. The standard InChI is InChI=1S/C22H20ClF2N5O6/c1-8-5-30-16-10(4-22(18(30)9(2)35-8)11(31)3-12(32)27-20(22)34)26-14-15(28-36-17(14)13(16)23)19(33)29-6-21(24,25)7-29/h8-9,18H,3-7H2,1-2H3,(H,27,32,34)/t8-,9+,18-,22?/m1/s1. The van der Waals surface area contributed by atoms with E-state index >= 15 is 0 Å². The summed E-state index contributed by atoms with van der Waals surface area (Å²) in [5.41, 5.74) is -1.41. The van der Waals surface area contributed by atoms with Crippen LogP contribution in [0.3, 0.4) is 0 Å². The highest BCUT2D eigenvalue weighted by molar-refractivity contribution is 6.38. The Bertz CT molecular complexity index is 1350. The number of amides is 3. The summed E-state index contributed by atoms with van der Waals surface area (Å²) < 4.78 is 38.0. The highest BCUT2D eigenvalue weighted by atomic mass is 35.5. The van der Waals surface area contributed by atoms with Crippen molar-refractivity contribution < 1.29 is 37.2 Å². The predicted octanol–water partition coefficient (Wildman–Crippen LogP) is 1.11. The number of Topliss-reactive ketones (excluding diaryl/α,β-unsaturated/α-hetero) is 1. The van der Waals surface area contributed by atoms with Crippen LogP contribution in [0.2, 0.25) is 5.02 Å². The number of aromatic nitrogens is 2. The molecule has 1 spiro atoms. The van der Waals surface area contributed by atoms with Gasteiger partial charge in [-0.05, 0) is 13.8 Å². The van der Waals surface area contributed by atoms with Crippen LogP contribution in [-0.4, -0.2) is 82.4 Å². The topological polar surface area (TPSA) is 135 Å². The number of pyridine rings is 1. The van der Waals surface area contributed by atoms with Gasteiger partial charge in [0.2, 0.25) is 17.4 Å². The van der Waals surface area contributed by atoms with Gasteiger partial charge in [0.1, 0.15) is 16.0 Å². The average molecular weight is 524 g/mol. The summed E-state index contributed by atoms with van der Waals surface area (Å²) in [5, 5.41) is 6.11. The number of halogens is 3. The molecule has 3 saturated heterocycles. The highest BCUT2D eigenvalue weighted by Crippen LogP contribution is 2.51. The fourth-order valence-electron chi connectivity index (χ4n) is 5.90. The van der Waals surface area contributed by atoms with Crippen LogP contribution in [0.1, 0.15) is 36.5 Å². The van der Waals surface area contributed by atoms with Gasteiger partial charge in [-0.2, -0.15) is 0 Å². The number of hydrogen-bond acceptors (Lipinski definition) is 9. The van der Waals surface area contributed by atoms with Crippen LogP contribution in [-0.2, 0) is 25.5 Å². The number of anilines is 1. The molecule has 6 rings (SSSR count). The van der Waals surface area contributed by atoms with E-state index in [-0.39, 0.29) is 46.6 Å². The lowest BCUT2D eigenvalue weighted by Gasteiger charge is -2.55. The molecule has 6 heterocycles. The van der Waals surface area contributed by atoms with Crippen molar-refractivity contribution in [2.75, 3.05) is 24.5 Å². The quantitative estimate of drug-likeness (QED) is 0.430. The number of morpholine rings is 1. The molecule has 0 radical (unpaired) electrons. The summed E-state index contributed by atoms with van der Waals surface area (Å²) in [6, 6.07) is -0.786. The molecule has 0 bridgehead atoms. The third-order valence-electron chi connectivity index (χ3n) is 7.33. The Labute approximate surface area is 207 Å².